The number of guanidine groups is 1. The van der Waals surface area contributed by atoms with Crippen LogP contribution < -0.4 is 16.8 Å². The molecule has 0 aromatic rings. The van der Waals surface area contributed by atoms with E-state index >= 15 is 0 Å². The summed E-state index contributed by atoms with van der Waals surface area (Å²) in [5.74, 6) is -1.60. The first-order valence-corrected chi connectivity index (χ1v) is 5.43. The molecule has 1 unspecified atom stereocenters. The molecule has 0 aliphatic heterocycles. The van der Waals surface area contributed by atoms with Crippen molar-refractivity contribution >= 4 is 17.8 Å². The van der Waals surface area contributed by atoms with Gasteiger partial charge in [-0.3, -0.25) is 9.79 Å². The highest BCUT2D eigenvalue weighted by Gasteiger charge is 2.20. The monoisotopic (exact) mass is 244 g/mol. The van der Waals surface area contributed by atoms with Crippen LogP contribution in [0.25, 0.3) is 0 Å². The minimum absolute atomic E-state index is 0.0249. The summed E-state index contributed by atoms with van der Waals surface area (Å²) in [6.07, 6.45) is 0.789. The predicted molar refractivity (Wildman–Crippen MR) is 64.3 cm³/mol. The molecule has 6 N–H and O–H groups in total. The lowest BCUT2D eigenvalue weighted by Gasteiger charge is -2.15. The van der Waals surface area contributed by atoms with Gasteiger partial charge in [0, 0.05) is 12.5 Å². The molecule has 1 amide bonds. The maximum absolute atomic E-state index is 11.4. The molecule has 0 bridgehead atoms. The third-order valence-electron chi connectivity index (χ3n) is 2.08. The zero-order valence-corrected chi connectivity index (χ0v) is 10.1. The molecule has 7 heteroatoms. The highest BCUT2D eigenvalue weighted by molar-refractivity contribution is 5.84. The van der Waals surface area contributed by atoms with Gasteiger partial charge in [-0.25, -0.2) is 4.79 Å². The van der Waals surface area contributed by atoms with E-state index in [-0.39, 0.29) is 17.8 Å². The van der Waals surface area contributed by atoms with Crippen molar-refractivity contribution in [2.75, 3.05) is 6.54 Å². The number of carboxylic acids is 1. The summed E-state index contributed by atoms with van der Waals surface area (Å²) < 4.78 is 0. The number of nitrogens with two attached hydrogens (primary N) is 2. The number of hydrogen-bond donors (Lipinski definition) is 4. The standard InChI is InChI=1S/C10H20N4O3/c1-6(2)8(15)14-7(9(16)17)4-3-5-13-10(11)12/h6-7H,3-5H2,1-2H3,(H,14,15)(H,16,17)(H4,11,12,13). The number of carbonyl (C=O) groups excluding carboxylic acids is 1. The Hall–Kier alpha value is -1.79. The lowest BCUT2D eigenvalue weighted by atomic mass is 10.1. The minimum Gasteiger partial charge on any atom is -0.480 e. The Morgan fingerprint density at radius 3 is 2.35 bits per heavy atom. The highest BCUT2D eigenvalue weighted by Crippen LogP contribution is 2.01. The van der Waals surface area contributed by atoms with Crippen LogP contribution >= 0.6 is 0 Å². The lowest BCUT2D eigenvalue weighted by molar-refractivity contribution is -0.142. The smallest absolute Gasteiger partial charge is 0.326 e. The van der Waals surface area contributed by atoms with Gasteiger partial charge < -0.3 is 21.9 Å². The molecule has 17 heavy (non-hydrogen) atoms. The van der Waals surface area contributed by atoms with Gasteiger partial charge in [0.1, 0.15) is 6.04 Å². The second-order valence-corrected chi connectivity index (χ2v) is 4.00. The lowest BCUT2D eigenvalue weighted by Crippen LogP contribution is -2.42. The molecule has 0 aromatic carbocycles. The number of hydrogen-bond acceptors (Lipinski definition) is 3. The topological polar surface area (TPSA) is 131 Å². The van der Waals surface area contributed by atoms with E-state index in [0.717, 1.165) is 0 Å². The van der Waals surface area contributed by atoms with Crippen molar-refractivity contribution in [1.82, 2.24) is 5.32 Å². The van der Waals surface area contributed by atoms with Crippen LogP contribution in [-0.4, -0.2) is 35.5 Å². The number of nitrogens with one attached hydrogen (secondary N) is 1. The number of nitrogens with zero attached hydrogens (tertiary/aromatic N) is 1. The SMILES string of the molecule is CC(C)C(=O)NC(CCCN=C(N)N)C(=O)O. The maximum atomic E-state index is 11.4. The van der Waals surface area contributed by atoms with Crippen molar-refractivity contribution in [2.24, 2.45) is 22.4 Å². The van der Waals surface area contributed by atoms with Crippen molar-refractivity contribution in [3.8, 4) is 0 Å². The molecular weight excluding hydrogens is 224 g/mol. The summed E-state index contributed by atoms with van der Waals surface area (Å²) in [5, 5.41) is 11.4. The fraction of sp³-hybridized carbons (Fsp3) is 0.700. The molecule has 0 spiro atoms. The number of rotatable bonds is 7. The number of carbonyl (C=O) groups is 2. The third kappa shape index (κ3) is 7.15. The Kier molecular flexibility index (Phi) is 6.69. The molecule has 7 nitrogen and oxygen atoms in total. The summed E-state index contributed by atoms with van der Waals surface area (Å²) >= 11 is 0. The van der Waals surface area contributed by atoms with Gasteiger partial charge in [-0.2, -0.15) is 0 Å². The van der Waals surface area contributed by atoms with Crippen molar-refractivity contribution in [3.05, 3.63) is 0 Å². The fourth-order valence-corrected chi connectivity index (χ4v) is 1.10. The zero-order chi connectivity index (χ0) is 13.4. The van der Waals surface area contributed by atoms with Gasteiger partial charge in [-0.15, -0.1) is 0 Å². The summed E-state index contributed by atoms with van der Waals surface area (Å²) in [5.41, 5.74) is 10.3. The Bertz CT molecular complexity index is 298. The summed E-state index contributed by atoms with van der Waals surface area (Å²) in [4.78, 5) is 26.0. The average Bonchev–Trinajstić information content (AvgIpc) is 2.21. The van der Waals surface area contributed by atoms with E-state index in [0.29, 0.717) is 19.4 Å². The molecule has 98 valence electrons. The molecule has 0 aliphatic rings. The molecule has 0 saturated carbocycles. The van der Waals surface area contributed by atoms with E-state index in [9.17, 15) is 9.59 Å². The quantitative estimate of drug-likeness (QED) is 0.266. The summed E-state index contributed by atoms with van der Waals surface area (Å²) in [7, 11) is 0. The Morgan fingerprint density at radius 2 is 1.94 bits per heavy atom. The van der Waals surface area contributed by atoms with E-state index < -0.39 is 12.0 Å². The van der Waals surface area contributed by atoms with Gasteiger partial charge in [-0.05, 0) is 12.8 Å². The van der Waals surface area contributed by atoms with E-state index in [4.69, 9.17) is 16.6 Å². The molecule has 0 rings (SSSR count). The van der Waals surface area contributed by atoms with E-state index in [1.165, 1.54) is 0 Å². The average molecular weight is 244 g/mol. The van der Waals surface area contributed by atoms with Crippen molar-refractivity contribution in [1.29, 1.82) is 0 Å². The van der Waals surface area contributed by atoms with E-state index in [1.54, 1.807) is 13.8 Å². The number of amides is 1. The van der Waals surface area contributed by atoms with Crippen LogP contribution in [0.2, 0.25) is 0 Å². The van der Waals surface area contributed by atoms with Crippen LogP contribution in [0.4, 0.5) is 0 Å². The maximum Gasteiger partial charge on any atom is 0.326 e. The first-order valence-electron chi connectivity index (χ1n) is 5.43. The molecular formula is C10H20N4O3. The fourth-order valence-electron chi connectivity index (χ4n) is 1.10. The molecule has 0 radical (unpaired) electrons. The molecule has 0 aliphatic carbocycles. The second kappa shape index (κ2) is 7.48. The predicted octanol–water partition coefficient (Wildman–Crippen LogP) is -0.735. The van der Waals surface area contributed by atoms with Crippen LogP contribution in [0.1, 0.15) is 26.7 Å². The second-order valence-electron chi connectivity index (χ2n) is 4.00. The molecule has 0 fully saturated rings. The zero-order valence-electron chi connectivity index (χ0n) is 10.1. The van der Waals surface area contributed by atoms with Gasteiger partial charge in [-0.1, -0.05) is 13.8 Å². The summed E-state index contributed by atoms with van der Waals surface area (Å²) in [6, 6.07) is -0.890. The van der Waals surface area contributed by atoms with Crippen LogP contribution in [0.15, 0.2) is 4.99 Å². The van der Waals surface area contributed by atoms with Gasteiger partial charge in [0.25, 0.3) is 0 Å². The number of aliphatic carboxylic acids is 1. The summed E-state index contributed by atoms with van der Waals surface area (Å²) in [6.45, 7) is 3.75. The first kappa shape index (κ1) is 15.2. The Morgan fingerprint density at radius 1 is 1.35 bits per heavy atom. The highest BCUT2D eigenvalue weighted by atomic mass is 16.4. The molecule has 0 aromatic heterocycles. The van der Waals surface area contributed by atoms with Gasteiger partial charge >= 0.3 is 5.97 Å². The van der Waals surface area contributed by atoms with E-state index in [1.807, 2.05) is 0 Å². The van der Waals surface area contributed by atoms with Gasteiger partial charge in [0.05, 0.1) is 0 Å². The van der Waals surface area contributed by atoms with Crippen molar-refractivity contribution in [2.45, 2.75) is 32.7 Å². The Labute approximate surface area is 100 Å². The largest absolute Gasteiger partial charge is 0.480 e. The minimum atomic E-state index is -1.05. The molecule has 1 atom stereocenters. The van der Waals surface area contributed by atoms with Crippen LogP contribution in [0.3, 0.4) is 0 Å². The van der Waals surface area contributed by atoms with Gasteiger partial charge in [0.15, 0.2) is 5.96 Å². The van der Waals surface area contributed by atoms with Crippen LogP contribution in [0, 0.1) is 5.92 Å². The van der Waals surface area contributed by atoms with Crippen LogP contribution in [-0.2, 0) is 9.59 Å². The number of aliphatic imine (C=N–C) groups is 1. The number of carboxylic acid groups (broad SMARTS) is 1. The normalized spacial score (nSPS) is 11.9. The third-order valence-corrected chi connectivity index (χ3v) is 2.08. The Balaban J connectivity index is 4.13. The van der Waals surface area contributed by atoms with E-state index in [2.05, 4.69) is 10.3 Å². The van der Waals surface area contributed by atoms with Gasteiger partial charge in [0.2, 0.25) is 5.91 Å². The van der Waals surface area contributed by atoms with Crippen molar-refractivity contribution < 1.29 is 14.7 Å². The molecule has 0 heterocycles. The molecule has 0 saturated heterocycles. The first-order chi connectivity index (χ1) is 7.84. The van der Waals surface area contributed by atoms with Crippen molar-refractivity contribution in [3.63, 3.8) is 0 Å². The van der Waals surface area contributed by atoms with Crippen LogP contribution in [0.5, 0.6) is 0 Å².